The topological polar surface area (TPSA) is 67.8 Å². The molecule has 0 N–H and O–H groups in total. The van der Waals surface area contributed by atoms with E-state index in [0.717, 1.165) is 19.4 Å². The van der Waals surface area contributed by atoms with Crippen LogP contribution in [0.25, 0.3) is 0 Å². The number of anilines is 1. The number of aromatic nitrogens is 2. The molecule has 3 fully saturated rings. The highest BCUT2D eigenvalue weighted by Crippen LogP contribution is 2.30. The summed E-state index contributed by atoms with van der Waals surface area (Å²) >= 11 is 0. The molecule has 1 unspecified atom stereocenters. The molecule has 2 saturated heterocycles. The third kappa shape index (κ3) is 3.62. The summed E-state index contributed by atoms with van der Waals surface area (Å²) in [7, 11) is 0. The second kappa shape index (κ2) is 7.25. The number of nitrogens with zero attached hydrogens (tertiary/aromatic N) is 4. The zero-order chi connectivity index (χ0) is 17.1. The number of hydrogen-bond acceptors (Lipinski definition) is 6. The quantitative estimate of drug-likeness (QED) is 0.799. The standard InChI is InChI=1S/C18H26N4O3/c23-16(15-4-1-2-5-15)21-9-11-25-18(12-21)13-22(8-10-24-14-18)17-19-6-3-7-20-17/h3,6-7,15H,1-2,4-5,8-14H2. The second-order valence-electron chi connectivity index (χ2n) is 7.30. The Morgan fingerprint density at radius 2 is 1.92 bits per heavy atom. The molecule has 1 aromatic heterocycles. The van der Waals surface area contributed by atoms with E-state index in [4.69, 9.17) is 9.47 Å². The average molecular weight is 346 g/mol. The third-order valence-corrected chi connectivity index (χ3v) is 5.45. The maximum absolute atomic E-state index is 12.9. The summed E-state index contributed by atoms with van der Waals surface area (Å²) in [5, 5.41) is 0. The molecule has 0 radical (unpaired) electrons. The monoisotopic (exact) mass is 346 g/mol. The fourth-order valence-electron chi connectivity index (χ4n) is 4.18. The van der Waals surface area contributed by atoms with Crippen LogP contribution in [0.15, 0.2) is 18.5 Å². The molecule has 7 heteroatoms. The fraction of sp³-hybridized carbons (Fsp3) is 0.722. The van der Waals surface area contributed by atoms with Crippen molar-refractivity contribution >= 4 is 11.9 Å². The number of carbonyl (C=O) groups is 1. The van der Waals surface area contributed by atoms with Crippen LogP contribution >= 0.6 is 0 Å². The lowest BCUT2D eigenvalue weighted by atomic mass is 9.99. The molecule has 136 valence electrons. The van der Waals surface area contributed by atoms with E-state index in [-0.39, 0.29) is 5.92 Å². The highest BCUT2D eigenvalue weighted by molar-refractivity contribution is 5.79. The second-order valence-corrected chi connectivity index (χ2v) is 7.30. The fourth-order valence-corrected chi connectivity index (χ4v) is 4.18. The van der Waals surface area contributed by atoms with E-state index in [9.17, 15) is 4.79 Å². The smallest absolute Gasteiger partial charge is 0.225 e. The Morgan fingerprint density at radius 3 is 2.72 bits per heavy atom. The van der Waals surface area contributed by atoms with Crippen LogP contribution in [0.3, 0.4) is 0 Å². The van der Waals surface area contributed by atoms with Crippen molar-refractivity contribution in [2.75, 3.05) is 50.9 Å². The van der Waals surface area contributed by atoms with Crippen LogP contribution < -0.4 is 4.90 Å². The highest BCUT2D eigenvalue weighted by Gasteiger charge is 2.43. The predicted octanol–water partition coefficient (Wildman–Crippen LogP) is 1.10. The Kier molecular flexibility index (Phi) is 4.85. The maximum Gasteiger partial charge on any atom is 0.225 e. The van der Waals surface area contributed by atoms with E-state index < -0.39 is 5.60 Å². The summed E-state index contributed by atoms with van der Waals surface area (Å²) in [6.07, 6.45) is 7.91. The number of rotatable bonds is 2. The first-order valence-corrected chi connectivity index (χ1v) is 9.28. The van der Waals surface area contributed by atoms with Gasteiger partial charge in [-0.05, 0) is 18.9 Å². The van der Waals surface area contributed by atoms with Crippen LogP contribution in [0, 0.1) is 5.92 Å². The Morgan fingerprint density at radius 1 is 1.12 bits per heavy atom. The lowest BCUT2D eigenvalue weighted by Gasteiger charge is -2.43. The molecule has 7 nitrogen and oxygen atoms in total. The van der Waals surface area contributed by atoms with E-state index in [1.165, 1.54) is 12.8 Å². The molecule has 25 heavy (non-hydrogen) atoms. The Balaban J connectivity index is 1.49. The molecule has 1 aliphatic carbocycles. The van der Waals surface area contributed by atoms with Gasteiger partial charge < -0.3 is 19.3 Å². The molecular formula is C18H26N4O3. The van der Waals surface area contributed by atoms with Gasteiger partial charge in [0.2, 0.25) is 11.9 Å². The summed E-state index contributed by atoms with van der Waals surface area (Å²) in [6, 6.07) is 1.81. The van der Waals surface area contributed by atoms with Gasteiger partial charge in [-0.25, -0.2) is 9.97 Å². The predicted molar refractivity (Wildman–Crippen MR) is 92.3 cm³/mol. The minimum atomic E-state index is -0.498. The van der Waals surface area contributed by atoms with Gasteiger partial charge in [0.15, 0.2) is 0 Å². The zero-order valence-electron chi connectivity index (χ0n) is 14.6. The molecule has 3 aliphatic rings. The van der Waals surface area contributed by atoms with Gasteiger partial charge in [-0.1, -0.05) is 12.8 Å². The molecule has 0 bridgehead atoms. The van der Waals surface area contributed by atoms with Gasteiger partial charge in [0.1, 0.15) is 5.60 Å². The van der Waals surface area contributed by atoms with Gasteiger partial charge in [0, 0.05) is 31.4 Å². The van der Waals surface area contributed by atoms with Gasteiger partial charge in [-0.15, -0.1) is 0 Å². The molecule has 1 amide bonds. The maximum atomic E-state index is 12.9. The van der Waals surface area contributed by atoms with Crippen molar-refractivity contribution in [1.29, 1.82) is 0 Å². The number of morpholine rings is 1. The van der Waals surface area contributed by atoms with Gasteiger partial charge in [-0.2, -0.15) is 0 Å². The van der Waals surface area contributed by atoms with Crippen molar-refractivity contribution in [3.8, 4) is 0 Å². The number of amides is 1. The molecular weight excluding hydrogens is 320 g/mol. The molecule has 1 saturated carbocycles. The number of carbonyl (C=O) groups excluding carboxylic acids is 1. The first-order chi connectivity index (χ1) is 12.3. The first kappa shape index (κ1) is 16.7. The van der Waals surface area contributed by atoms with E-state index in [0.29, 0.717) is 51.3 Å². The van der Waals surface area contributed by atoms with E-state index >= 15 is 0 Å². The molecule has 1 spiro atoms. The van der Waals surface area contributed by atoms with Crippen LogP contribution in [0.4, 0.5) is 5.95 Å². The van der Waals surface area contributed by atoms with Gasteiger partial charge in [0.25, 0.3) is 0 Å². The normalized spacial score (nSPS) is 28.3. The molecule has 3 heterocycles. The molecule has 4 rings (SSSR count). The van der Waals surface area contributed by atoms with Crippen molar-refractivity contribution in [3.63, 3.8) is 0 Å². The summed E-state index contributed by atoms with van der Waals surface area (Å²) in [5.41, 5.74) is -0.498. The van der Waals surface area contributed by atoms with E-state index in [1.54, 1.807) is 12.4 Å². The van der Waals surface area contributed by atoms with Crippen molar-refractivity contribution < 1.29 is 14.3 Å². The SMILES string of the molecule is O=C(C1CCCC1)N1CCOC2(COCCN(c3ncccn3)C2)C1. The zero-order valence-corrected chi connectivity index (χ0v) is 14.6. The van der Waals surface area contributed by atoms with Gasteiger partial charge in [0.05, 0.1) is 32.9 Å². The van der Waals surface area contributed by atoms with Crippen LogP contribution in [0.2, 0.25) is 0 Å². The molecule has 1 aromatic rings. The number of ether oxygens (including phenoxy) is 2. The first-order valence-electron chi connectivity index (χ1n) is 9.28. The van der Waals surface area contributed by atoms with Crippen LogP contribution in [0.5, 0.6) is 0 Å². The van der Waals surface area contributed by atoms with Gasteiger partial charge >= 0.3 is 0 Å². The lowest BCUT2D eigenvalue weighted by molar-refractivity contribution is -0.160. The van der Waals surface area contributed by atoms with E-state index in [1.807, 2.05) is 11.0 Å². The van der Waals surface area contributed by atoms with Crippen molar-refractivity contribution in [2.45, 2.75) is 31.3 Å². The van der Waals surface area contributed by atoms with Crippen LogP contribution in [-0.2, 0) is 14.3 Å². The summed E-state index contributed by atoms with van der Waals surface area (Å²) in [6.45, 7) is 4.32. The van der Waals surface area contributed by atoms with Gasteiger partial charge in [-0.3, -0.25) is 4.79 Å². The average Bonchev–Trinajstić information content (AvgIpc) is 3.12. The minimum Gasteiger partial charge on any atom is -0.376 e. The molecule has 2 aliphatic heterocycles. The lowest BCUT2D eigenvalue weighted by Crippen LogP contribution is -2.60. The summed E-state index contributed by atoms with van der Waals surface area (Å²) < 4.78 is 12.0. The largest absolute Gasteiger partial charge is 0.376 e. The number of hydrogen-bond donors (Lipinski definition) is 0. The van der Waals surface area contributed by atoms with Crippen molar-refractivity contribution in [1.82, 2.24) is 14.9 Å². The highest BCUT2D eigenvalue weighted by atomic mass is 16.5. The molecule has 1 atom stereocenters. The Bertz CT molecular complexity index is 593. The van der Waals surface area contributed by atoms with Crippen molar-refractivity contribution in [3.05, 3.63) is 18.5 Å². The van der Waals surface area contributed by atoms with Crippen LogP contribution in [-0.4, -0.2) is 72.4 Å². The molecule has 0 aromatic carbocycles. The van der Waals surface area contributed by atoms with Crippen LogP contribution in [0.1, 0.15) is 25.7 Å². The van der Waals surface area contributed by atoms with Crippen molar-refractivity contribution in [2.24, 2.45) is 5.92 Å². The summed E-state index contributed by atoms with van der Waals surface area (Å²) in [5.74, 6) is 1.19. The Hall–Kier alpha value is -1.73. The van der Waals surface area contributed by atoms with E-state index in [2.05, 4.69) is 14.9 Å². The third-order valence-electron chi connectivity index (χ3n) is 5.45. The minimum absolute atomic E-state index is 0.204. The summed E-state index contributed by atoms with van der Waals surface area (Å²) in [4.78, 5) is 25.7. The Labute approximate surface area is 148 Å².